The predicted molar refractivity (Wildman–Crippen MR) is 66.8 cm³/mol. The molecular weight excluding hydrogens is 348 g/mol. The minimum atomic E-state index is -5.28. The Balaban J connectivity index is 3.08. The largest absolute Gasteiger partial charge is 0.507 e. The third kappa shape index (κ3) is 5.03. The normalized spacial score (nSPS) is 13.3. The number of rotatable bonds is 4. The van der Waals surface area contributed by atoms with Gasteiger partial charge in [0.1, 0.15) is 11.8 Å². The van der Waals surface area contributed by atoms with Gasteiger partial charge in [-0.3, -0.25) is 4.79 Å². The van der Waals surface area contributed by atoms with E-state index in [9.17, 15) is 41.0 Å². The maximum absolute atomic E-state index is 12.7. The van der Waals surface area contributed by atoms with Crippen LogP contribution in [0.3, 0.4) is 0 Å². The van der Waals surface area contributed by atoms with Crippen molar-refractivity contribution in [3.8, 4) is 5.75 Å². The van der Waals surface area contributed by atoms with Crippen LogP contribution in [-0.2, 0) is 26.9 Å². The van der Waals surface area contributed by atoms with Crippen molar-refractivity contribution in [2.24, 2.45) is 0 Å². The van der Waals surface area contributed by atoms with Crippen molar-refractivity contribution in [2.75, 3.05) is 7.11 Å². The highest BCUT2D eigenvalue weighted by atomic mass is 19.4. The van der Waals surface area contributed by atoms with Gasteiger partial charge in [-0.25, -0.2) is 4.79 Å². The van der Waals surface area contributed by atoms with Gasteiger partial charge in [-0.2, -0.15) is 26.3 Å². The third-order valence-corrected chi connectivity index (χ3v) is 2.85. The van der Waals surface area contributed by atoms with E-state index >= 15 is 0 Å². The Kier molecular flexibility index (Phi) is 5.69. The highest BCUT2D eigenvalue weighted by Gasteiger charge is 2.41. The Labute approximate surface area is 131 Å². The summed E-state index contributed by atoms with van der Waals surface area (Å²) in [6.45, 7) is 0. The first-order chi connectivity index (χ1) is 10.9. The molecule has 1 amide bonds. The second kappa shape index (κ2) is 6.97. The van der Waals surface area contributed by atoms with E-state index < -0.39 is 48.0 Å². The molecule has 134 valence electrons. The van der Waals surface area contributed by atoms with Gasteiger partial charge >= 0.3 is 24.2 Å². The lowest BCUT2D eigenvalue weighted by molar-refractivity contribution is -0.175. The van der Waals surface area contributed by atoms with Crippen LogP contribution in [0.4, 0.5) is 26.3 Å². The topological polar surface area (TPSA) is 75.6 Å². The smallest absolute Gasteiger partial charge is 0.471 e. The number of phenols is 1. The van der Waals surface area contributed by atoms with E-state index in [4.69, 9.17) is 0 Å². The highest BCUT2D eigenvalue weighted by molar-refractivity contribution is 5.87. The lowest BCUT2D eigenvalue weighted by Crippen LogP contribution is -2.48. The molecule has 1 aromatic rings. The fraction of sp³-hybridized carbons (Fsp3) is 0.385. The van der Waals surface area contributed by atoms with E-state index in [2.05, 4.69) is 4.74 Å². The molecule has 11 heteroatoms. The number of phenolic OH excluding ortho intramolecular Hbond substituents is 1. The number of aromatic hydroxyl groups is 1. The summed E-state index contributed by atoms with van der Waals surface area (Å²) in [5, 5.41) is 10.5. The number of alkyl halides is 6. The number of hydrogen-bond acceptors (Lipinski definition) is 4. The fourth-order valence-electron chi connectivity index (χ4n) is 1.75. The minimum Gasteiger partial charge on any atom is -0.507 e. The van der Waals surface area contributed by atoms with Crippen molar-refractivity contribution >= 4 is 11.9 Å². The quantitative estimate of drug-likeness (QED) is 0.638. The summed E-state index contributed by atoms with van der Waals surface area (Å²) < 4.78 is 79.0. The summed E-state index contributed by atoms with van der Waals surface area (Å²) in [6, 6.07) is 0.262. The van der Waals surface area contributed by atoms with E-state index in [0.29, 0.717) is 12.1 Å². The third-order valence-electron chi connectivity index (χ3n) is 2.85. The van der Waals surface area contributed by atoms with Gasteiger partial charge in [-0.05, 0) is 17.7 Å². The number of methoxy groups -OCH3 is 1. The second-order valence-electron chi connectivity index (χ2n) is 4.60. The van der Waals surface area contributed by atoms with Crippen molar-refractivity contribution in [2.45, 2.75) is 24.8 Å². The van der Waals surface area contributed by atoms with E-state index in [1.807, 2.05) is 0 Å². The van der Waals surface area contributed by atoms with Gasteiger partial charge in [-0.1, -0.05) is 6.07 Å². The maximum Gasteiger partial charge on any atom is 0.471 e. The summed E-state index contributed by atoms with van der Waals surface area (Å²) >= 11 is 0. The van der Waals surface area contributed by atoms with Crippen LogP contribution >= 0.6 is 0 Å². The predicted octanol–water partition coefficient (Wildman–Crippen LogP) is 2.17. The number of carbonyl (C=O) groups is 2. The van der Waals surface area contributed by atoms with Gasteiger partial charge < -0.3 is 15.2 Å². The molecule has 24 heavy (non-hydrogen) atoms. The first-order valence-electron chi connectivity index (χ1n) is 6.21. The van der Waals surface area contributed by atoms with Gasteiger partial charge in [0.2, 0.25) is 0 Å². The summed E-state index contributed by atoms with van der Waals surface area (Å²) in [5.74, 6) is -4.79. The minimum absolute atomic E-state index is 0.238. The zero-order chi connectivity index (χ0) is 18.7. The van der Waals surface area contributed by atoms with Gasteiger partial charge in [-0.15, -0.1) is 0 Å². The molecule has 0 aliphatic carbocycles. The molecule has 0 heterocycles. The van der Waals surface area contributed by atoms with Crippen LogP contribution in [0.15, 0.2) is 18.2 Å². The number of hydrogen-bond donors (Lipinski definition) is 2. The average Bonchev–Trinajstić information content (AvgIpc) is 2.45. The zero-order valence-corrected chi connectivity index (χ0v) is 12.0. The summed E-state index contributed by atoms with van der Waals surface area (Å²) in [4.78, 5) is 22.4. The first-order valence-corrected chi connectivity index (χ1v) is 6.21. The molecular formula is C13H11F6NO4. The molecule has 0 bridgehead atoms. The molecule has 0 aliphatic rings. The Morgan fingerprint density at radius 2 is 1.79 bits per heavy atom. The lowest BCUT2D eigenvalue weighted by atomic mass is 10.0. The van der Waals surface area contributed by atoms with Gasteiger partial charge in [0.15, 0.2) is 0 Å². The van der Waals surface area contributed by atoms with Crippen LogP contribution in [0.5, 0.6) is 5.75 Å². The Morgan fingerprint density at radius 1 is 1.21 bits per heavy atom. The maximum atomic E-state index is 12.7. The molecule has 0 aromatic heterocycles. The number of benzene rings is 1. The van der Waals surface area contributed by atoms with Gasteiger partial charge in [0, 0.05) is 6.42 Å². The second-order valence-corrected chi connectivity index (χ2v) is 4.60. The standard InChI is InChI=1S/C13H11F6NO4/c1-24-10(22)8(20-11(23)13(17,18)19)5-6-2-3-9(21)7(4-6)12(14,15)16/h2-4,8,21H,5H2,1H3,(H,20,23). The first kappa shape index (κ1) is 19.6. The number of amides is 1. The summed E-state index contributed by atoms with van der Waals surface area (Å²) in [6.07, 6.45) is -10.9. The van der Waals surface area contributed by atoms with Crippen LogP contribution < -0.4 is 5.32 Å². The molecule has 0 radical (unpaired) electrons. The number of ether oxygens (including phenoxy) is 1. The SMILES string of the molecule is COC(=O)C(Cc1ccc(O)c(C(F)(F)F)c1)NC(=O)C(F)(F)F. The molecule has 0 aliphatic heterocycles. The van der Waals surface area contributed by atoms with E-state index in [0.717, 1.165) is 13.2 Å². The van der Waals surface area contributed by atoms with Crippen molar-refractivity contribution in [1.82, 2.24) is 5.32 Å². The van der Waals surface area contributed by atoms with Crippen LogP contribution in [0.25, 0.3) is 0 Å². The number of halogens is 6. The van der Waals surface area contributed by atoms with E-state index in [-0.39, 0.29) is 5.56 Å². The van der Waals surface area contributed by atoms with Gasteiger partial charge in [0.25, 0.3) is 0 Å². The molecule has 0 spiro atoms. The molecule has 0 fully saturated rings. The van der Waals surface area contributed by atoms with Crippen molar-refractivity contribution in [1.29, 1.82) is 0 Å². The van der Waals surface area contributed by atoms with Crippen LogP contribution in [0, 0.1) is 0 Å². The number of nitrogens with one attached hydrogen (secondary N) is 1. The van der Waals surface area contributed by atoms with Crippen LogP contribution in [-0.4, -0.2) is 36.3 Å². The average molecular weight is 359 g/mol. The highest BCUT2D eigenvalue weighted by Crippen LogP contribution is 2.36. The molecule has 0 saturated carbocycles. The fourth-order valence-corrected chi connectivity index (χ4v) is 1.75. The molecule has 2 N–H and O–H groups in total. The van der Waals surface area contributed by atoms with E-state index in [1.165, 1.54) is 5.32 Å². The molecule has 1 rings (SSSR count). The molecule has 0 saturated heterocycles. The van der Waals surface area contributed by atoms with Crippen LogP contribution in [0.2, 0.25) is 0 Å². The Morgan fingerprint density at radius 3 is 2.25 bits per heavy atom. The molecule has 1 aromatic carbocycles. The summed E-state index contributed by atoms with van der Waals surface area (Å²) in [7, 11) is 0.840. The monoisotopic (exact) mass is 359 g/mol. The number of esters is 1. The van der Waals surface area contributed by atoms with Gasteiger partial charge in [0.05, 0.1) is 12.7 Å². The molecule has 1 unspecified atom stereocenters. The van der Waals surface area contributed by atoms with Crippen molar-refractivity contribution in [3.63, 3.8) is 0 Å². The van der Waals surface area contributed by atoms with Crippen molar-refractivity contribution < 1.29 is 45.8 Å². The number of carbonyl (C=O) groups excluding carboxylic acids is 2. The molecule has 1 atom stereocenters. The van der Waals surface area contributed by atoms with E-state index in [1.54, 1.807) is 0 Å². The summed E-state index contributed by atoms with van der Waals surface area (Å²) in [5.41, 5.74) is -1.66. The Hall–Kier alpha value is -2.46. The molecule has 5 nitrogen and oxygen atoms in total. The lowest BCUT2D eigenvalue weighted by Gasteiger charge is -2.18. The van der Waals surface area contributed by atoms with Crippen molar-refractivity contribution in [3.05, 3.63) is 29.3 Å². The zero-order valence-electron chi connectivity index (χ0n) is 12.0. The van der Waals surface area contributed by atoms with Crippen LogP contribution in [0.1, 0.15) is 11.1 Å². The Bertz CT molecular complexity index is 626.